The highest BCUT2D eigenvalue weighted by atomic mass is 35.5. The number of nitrogens with one attached hydrogen (secondary N) is 1. The Labute approximate surface area is 104 Å². The number of aromatic nitrogens is 1. The molecule has 0 radical (unpaired) electrons. The average Bonchev–Trinajstić information content (AvgIpc) is 2.34. The summed E-state index contributed by atoms with van der Waals surface area (Å²) in [7, 11) is 1.47. The van der Waals surface area contributed by atoms with E-state index < -0.39 is 0 Å². The number of nitrogens with zero attached hydrogens (tertiary/aromatic N) is 1. The largest absolute Gasteiger partial charge is 0.375 e. The standard InChI is InChI=1S/C12H11ClN2O2/c1-17-7-11(16)15-10-5-4-9(13)8-3-2-6-14-12(8)10/h2-6H,7H2,1H3,(H,15,16). The first kappa shape index (κ1) is 11.8. The molecule has 0 unspecified atom stereocenters. The number of carbonyl (C=O) groups excluding carboxylic acids is 1. The van der Waals surface area contributed by atoms with Gasteiger partial charge in [-0.3, -0.25) is 9.78 Å². The molecule has 0 aliphatic carbocycles. The molecule has 0 bridgehead atoms. The van der Waals surface area contributed by atoms with Crippen molar-refractivity contribution in [3.8, 4) is 0 Å². The highest BCUT2D eigenvalue weighted by Crippen LogP contribution is 2.27. The van der Waals surface area contributed by atoms with Gasteiger partial charge in [-0.25, -0.2) is 0 Å². The quantitative estimate of drug-likeness (QED) is 0.911. The average molecular weight is 251 g/mol. The molecular weight excluding hydrogens is 240 g/mol. The van der Waals surface area contributed by atoms with Crippen molar-refractivity contribution >= 4 is 34.1 Å². The molecule has 0 spiro atoms. The van der Waals surface area contributed by atoms with E-state index in [9.17, 15) is 4.79 Å². The number of carbonyl (C=O) groups is 1. The minimum Gasteiger partial charge on any atom is -0.375 e. The number of ether oxygens (including phenoxy) is 1. The predicted molar refractivity (Wildman–Crippen MR) is 67.3 cm³/mol. The summed E-state index contributed by atoms with van der Waals surface area (Å²) in [5, 5.41) is 4.15. The van der Waals surface area contributed by atoms with Crippen LogP contribution < -0.4 is 5.32 Å². The summed E-state index contributed by atoms with van der Waals surface area (Å²) >= 11 is 6.05. The number of methoxy groups -OCH3 is 1. The van der Waals surface area contributed by atoms with E-state index in [1.807, 2.05) is 6.07 Å². The maximum absolute atomic E-state index is 11.4. The summed E-state index contributed by atoms with van der Waals surface area (Å²) < 4.78 is 4.75. The van der Waals surface area contributed by atoms with Crippen LogP contribution in [0.3, 0.4) is 0 Å². The van der Waals surface area contributed by atoms with Crippen LogP contribution in [-0.2, 0) is 9.53 Å². The smallest absolute Gasteiger partial charge is 0.250 e. The van der Waals surface area contributed by atoms with Crippen molar-refractivity contribution in [1.82, 2.24) is 4.98 Å². The number of fused-ring (bicyclic) bond motifs is 1. The van der Waals surface area contributed by atoms with Crippen LogP contribution in [-0.4, -0.2) is 24.6 Å². The normalized spacial score (nSPS) is 10.5. The summed E-state index contributed by atoms with van der Waals surface area (Å²) in [6, 6.07) is 7.12. The van der Waals surface area contributed by atoms with Crippen LogP contribution in [0.15, 0.2) is 30.5 Å². The van der Waals surface area contributed by atoms with Crippen LogP contribution in [0, 0.1) is 0 Å². The number of rotatable bonds is 3. The van der Waals surface area contributed by atoms with E-state index in [0.717, 1.165) is 5.39 Å². The summed E-state index contributed by atoms with van der Waals surface area (Å²) in [5.41, 5.74) is 1.30. The first-order valence-corrected chi connectivity index (χ1v) is 5.42. The van der Waals surface area contributed by atoms with Gasteiger partial charge in [0.2, 0.25) is 5.91 Å². The van der Waals surface area contributed by atoms with Crippen LogP contribution in [0.5, 0.6) is 0 Å². The summed E-state index contributed by atoms with van der Waals surface area (Å²) in [5.74, 6) is -0.221. The van der Waals surface area contributed by atoms with Gasteiger partial charge in [0.25, 0.3) is 0 Å². The lowest BCUT2D eigenvalue weighted by Gasteiger charge is -2.08. The van der Waals surface area contributed by atoms with E-state index in [-0.39, 0.29) is 12.5 Å². The zero-order chi connectivity index (χ0) is 12.3. The maximum atomic E-state index is 11.4. The molecule has 4 nitrogen and oxygen atoms in total. The molecule has 1 N–H and O–H groups in total. The highest BCUT2D eigenvalue weighted by molar-refractivity contribution is 6.35. The first-order valence-electron chi connectivity index (χ1n) is 5.04. The maximum Gasteiger partial charge on any atom is 0.250 e. The lowest BCUT2D eigenvalue weighted by molar-refractivity contribution is -0.119. The van der Waals surface area contributed by atoms with Crippen LogP contribution in [0.25, 0.3) is 10.9 Å². The van der Waals surface area contributed by atoms with Crippen LogP contribution in [0.1, 0.15) is 0 Å². The van der Waals surface area contributed by atoms with Crippen molar-refractivity contribution in [2.24, 2.45) is 0 Å². The molecule has 0 aliphatic heterocycles. The molecular formula is C12H11ClN2O2. The van der Waals surface area contributed by atoms with Gasteiger partial charge >= 0.3 is 0 Å². The van der Waals surface area contributed by atoms with E-state index in [2.05, 4.69) is 10.3 Å². The molecule has 0 saturated carbocycles. The summed E-state index contributed by atoms with van der Waals surface area (Å²) in [4.78, 5) is 15.7. The molecule has 1 aromatic carbocycles. The first-order chi connectivity index (χ1) is 8.22. The number of hydrogen-bond acceptors (Lipinski definition) is 3. The topological polar surface area (TPSA) is 51.2 Å². The zero-order valence-electron chi connectivity index (χ0n) is 9.24. The molecule has 5 heteroatoms. The van der Waals surface area contributed by atoms with E-state index in [1.165, 1.54) is 7.11 Å². The predicted octanol–water partition coefficient (Wildman–Crippen LogP) is 2.47. The molecule has 0 aliphatic rings. The summed E-state index contributed by atoms with van der Waals surface area (Å²) in [6.45, 7) is 0.0109. The molecule has 0 atom stereocenters. The van der Waals surface area contributed by atoms with Crippen LogP contribution in [0.2, 0.25) is 5.02 Å². The third kappa shape index (κ3) is 2.54. The zero-order valence-corrected chi connectivity index (χ0v) is 9.99. The summed E-state index contributed by atoms with van der Waals surface area (Å²) in [6.07, 6.45) is 1.66. The lowest BCUT2D eigenvalue weighted by Crippen LogP contribution is -2.17. The van der Waals surface area contributed by atoms with Gasteiger partial charge in [0.05, 0.1) is 16.2 Å². The third-order valence-corrected chi connectivity index (χ3v) is 2.60. The Kier molecular flexibility index (Phi) is 3.56. The Morgan fingerprint density at radius 3 is 3.06 bits per heavy atom. The molecule has 1 aromatic heterocycles. The van der Waals surface area contributed by atoms with Gasteiger partial charge < -0.3 is 10.1 Å². The van der Waals surface area contributed by atoms with Gasteiger partial charge in [-0.15, -0.1) is 0 Å². The minimum absolute atomic E-state index is 0.0109. The second kappa shape index (κ2) is 5.12. The van der Waals surface area contributed by atoms with Crippen molar-refractivity contribution in [3.05, 3.63) is 35.5 Å². The Morgan fingerprint density at radius 1 is 1.47 bits per heavy atom. The molecule has 0 fully saturated rings. The number of amides is 1. The molecule has 17 heavy (non-hydrogen) atoms. The van der Waals surface area contributed by atoms with Gasteiger partial charge in [-0.2, -0.15) is 0 Å². The molecule has 1 heterocycles. The number of anilines is 1. The van der Waals surface area contributed by atoms with Crippen LogP contribution in [0.4, 0.5) is 5.69 Å². The Hall–Kier alpha value is -1.65. The number of pyridine rings is 1. The second-order valence-electron chi connectivity index (χ2n) is 3.48. The van der Waals surface area contributed by atoms with Crippen molar-refractivity contribution in [2.75, 3.05) is 19.0 Å². The lowest BCUT2D eigenvalue weighted by atomic mass is 10.2. The van der Waals surface area contributed by atoms with E-state index in [4.69, 9.17) is 16.3 Å². The van der Waals surface area contributed by atoms with E-state index in [1.54, 1.807) is 24.4 Å². The van der Waals surface area contributed by atoms with Gasteiger partial charge in [-0.1, -0.05) is 11.6 Å². The monoisotopic (exact) mass is 250 g/mol. The highest BCUT2D eigenvalue weighted by Gasteiger charge is 2.08. The van der Waals surface area contributed by atoms with Gasteiger partial charge in [0.1, 0.15) is 6.61 Å². The van der Waals surface area contributed by atoms with E-state index in [0.29, 0.717) is 16.2 Å². The van der Waals surface area contributed by atoms with Gasteiger partial charge in [0, 0.05) is 18.7 Å². The van der Waals surface area contributed by atoms with E-state index >= 15 is 0 Å². The molecule has 0 saturated heterocycles. The minimum atomic E-state index is -0.221. The van der Waals surface area contributed by atoms with Crippen molar-refractivity contribution < 1.29 is 9.53 Å². The van der Waals surface area contributed by atoms with Gasteiger partial charge in [0.15, 0.2) is 0 Å². The van der Waals surface area contributed by atoms with Crippen molar-refractivity contribution in [1.29, 1.82) is 0 Å². The molecule has 2 rings (SSSR count). The molecule has 88 valence electrons. The number of hydrogen-bond donors (Lipinski definition) is 1. The van der Waals surface area contributed by atoms with Gasteiger partial charge in [-0.05, 0) is 24.3 Å². The molecule has 1 amide bonds. The second-order valence-corrected chi connectivity index (χ2v) is 3.88. The van der Waals surface area contributed by atoms with Crippen LogP contribution >= 0.6 is 11.6 Å². The fourth-order valence-corrected chi connectivity index (χ4v) is 1.77. The number of halogens is 1. The van der Waals surface area contributed by atoms with Crippen molar-refractivity contribution in [3.63, 3.8) is 0 Å². The van der Waals surface area contributed by atoms with Crippen molar-refractivity contribution in [2.45, 2.75) is 0 Å². The SMILES string of the molecule is COCC(=O)Nc1ccc(Cl)c2cccnc12. The fraction of sp³-hybridized carbons (Fsp3) is 0.167. The fourth-order valence-electron chi connectivity index (χ4n) is 1.56. The molecule has 2 aromatic rings. The Balaban J connectivity index is 2.41. The Bertz CT molecular complexity index is 557. The third-order valence-electron chi connectivity index (χ3n) is 2.27. The Morgan fingerprint density at radius 2 is 2.29 bits per heavy atom. The number of benzene rings is 1.